The molecule has 2 heterocycles. The minimum Gasteiger partial charge on any atom is -0.434 e. The van der Waals surface area contributed by atoms with E-state index in [-0.39, 0.29) is 16.8 Å². The number of hydrogen-bond donors (Lipinski definition) is 1. The molecule has 0 saturated carbocycles. The summed E-state index contributed by atoms with van der Waals surface area (Å²) in [5.74, 6) is -0.798. The van der Waals surface area contributed by atoms with Gasteiger partial charge in [-0.1, -0.05) is 11.3 Å². The fraction of sp³-hybridized carbons (Fsp3) is 0.308. The molecule has 2 N–H and O–H groups in total. The summed E-state index contributed by atoms with van der Waals surface area (Å²) in [5.41, 5.74) is 5.50. The van der Waals surface area contributed by atoms with Gasteiger partial charge in [0.25, 0.3) is 5.91 Å². The van der Waals surface area contributed by atoms with E-state index in [1.807, 2.05) is 0 Å². The molecule has 2 aromatic rings. The van der Waals surface area contributed by atoms with E-state index in [9.17, 15) is 27.6 Å². The molecule has 1 aromatic carbocycles. The maximum absolute atomic E-state index is 12.6. The Hall–Kier alpha value is -2.56. The van der Waals surface area contributed by atoms with E-state index in [0.29, 0.717) is 21.6 Å². The van der Waals surface area contributed by atoms with E-state index >= 15 is 0 Å². The van der Waals surface area contributed by atoms with Gasteiger partial charge in [0, 0.05) is 5.69 Å². The Morgan fingerprint density at radius 2 is 2.08 bits per heavy atom. The molecule has 3 rings (SSSR count). The lowest BCUT2D eigenvalue weighted by Gasteiger charge is -2.13. The van der Waals surface area contributed by atoms with Gasteiger partial charge in [0.1, 0.15) is 6.54 Å². The minimum absolute atomic E-state index is 0.0994. The van der Waals surface area contributed by atoms with Gasteiger partial charge in [-0.15, -0.1) is 0 Å². The molecule has 1 aromatic heterocycles. The number of thiazole rings is 1. The Morgan fingerprint density at radius 3 is 2.67 bits per heavy atom. The predicted molar refractivity (Wildman–Crippen MR) is 78.9 cm³/mol. The van der Waals surface area contributed by atoms with Crippen LogP contribution in [0.2, 0.25) is 0 Å². The van der Waals surface area contributed by atoms with Gasteiger partial charge in [-0.2, -0.15) is 13.2 Å². The minimum atomic E-state index is -4.52. The zero-order valence-corrected chi connectivity index (χ0v) is 12.7. The number of ether oxygens (including phenoxy) is 1. The molecule has 1 fully saturated rings. The summed E-state index contributed by atoms with van der Waals surface area (Å²) in [4.78, 5) is 35.0. The Labute approximate surface area is 136 Å². The normalized spacial score (nSPS) is 18.2. The summed E-state index contributed by atoms with van der Waals surface area (Å²) in [6.45, 7) is -1.49. The van der Waals surface area contributed by atoms with Crippen LogP contribution in [0.1, 0.15) is 0 Å². The van der Waals surface area contributed by atoms with Crippen molar-refractivity contribution in [2.45, 2.75) is 18.8 Å². The summed E-state index contributed by atoms with van der Waals surface area (Å²) in [6.07, 6.45) is -6.41. The van der Waals surface area contributed by atoms with Crippen LogP contribution in [0.5, 0.6) is 0 Å². The van der Waals surface area contributed by atoms with Crippen LogP contribution >= 0.6 is 11.3 Å². The number of carbonyl (C=O) groups is 2. The number of nitrogens with zero attached hydrogens (tertiary/aromatic N) is 2. The highest BCUT2D eigenvalue weighted by molar-refractivity contribution is 7.16. The first-order valence-corrected chi connectivity index (χ1v) is 7.45. The van der Waals surface area contributed by atoms with Gasteiger partial charge in [0.05, 0.1) is 16.8 Å². The number of halogens is 3. The van der Waals surface area contributed by atoms with Crippen LogP contribution in [-0.4, -0.2) is 35.4 Å². The smallest absolute Gasteiger partial charge is 0.415 e. The van der Waals surface area contributed by atoms with Gasteiger partial charge in [0.2, 0.25) is 0 Å². The monoisotopic (exact) mass is 361 g/mol. The van der Waals surface area contributed by atoms with Crippen LogP contribution in [0, 0.1) is 0 Å². The number of anilines is 1. The summed E-state index contributed by atoms with van der Waals surface area (Å²) in [6, 6.07) is 4.10. The number of benzene rings is 1. The molecular weight excluding hydrogens is 351 g/mol. The van der Waals surface area contributed by atoms with Gasteiger partial charge >= 0.3 is 17.1 Å². The van der Waals surface area contributed by atoms with E-state index in [4.69, 9.17) is 10.5 Å². The number of primary amides is 1. The number of nitrogens with two attached hydrogens (primary N) is 1. The Kier molecular flexibility index (Phi) is 3.74. The molecule has 0 bridgehead atoms. The Bertz CT molecular complexity index is 889. The lowest BCUT2D eigenvalue weighted by molar-refractivity contribution is -0.140. The SMILES string of the molecule is NC(=O)[C@H]1CN(c2ccc3c(c2)sc(=O)n3CC(F)(F)F)C(=O)O1. The highest BCUT2D eigenvalue weighted by Gasteiger charge is 2.36. The standard InChI is InChI=1S/C13H10F3N3O4S/c14-13(15,16)5-19-7-2-1-6(3-9(7)24-12(19)22)18-4-8(10(17)20)23-11(18)21/h1-3,8H,4-5H2,(H2,17,20)/t8-/m1/s1. The van der Waals surface area contributed by atoms with Crippen LogP contribution < -0.4 is 15.5 Å². The van der Waals surface area contributed by atoms with Crippen molar-refractivity contribution < 1.29 is 27.5 Å². The lowest BCUT2D eigenvalue weighted by Crippen LogP contribution is -2.32. The van der Waals surface area contributed by atoms with Crippen molar-refractivity contribution in [1.29, 1.82) is 0 Å². The third kappa shape index (κ3) is 2.94. The van der Waals surface area contributed by atoms with Crippen molar-refractivity contribution in [1.82, 2.24) is 4.57 Å². The van der Waals surface area contributed by atoms with Crippen LogP contribution in [0.15, 0.2) is 23.0 Å². The number of hydrogen-bond acceptors (Lipinski definition) is 5. The summed E-state index contributed by atoms with van der Waals surface area (Å²) < 4.78 is 43.4. The number of carbonyl (C=O) groups excluding carboxylic acids is 2. The second-order valence-electron chi connectivity index (χ2n) is 5.11. The zero-order valence-electron chi connectivity index (χ0n) is 11.9. The van der Waals surface area contributed by atoms with E-state index in [0.717, 1.165) is 4.90 Å². The molecular formula is C13H10F3N3O4S. The van der Waals surface area contributed by atoms with Crippen molar-refractivity contribution in [2.24, 2.45) is 5.73 Å². The van der Waals surface area contributed by atoms with Gasteiger partial charge in [-0.3, -0.25) is 19.1 Å². The molecule has 0 aliphatic carbocycles. The summed E-state index contributed by atoms with van der Waals surface area (Å²) in [5, 5.41) is 0. The van der Waals surface area contributed by atoms with Crippen molar-refractivity contribution >= 4 is 39.2 Å². The Morgan fingerprint density at radius 1 is 1.38 bits per heavy atom. The van der Waals surface area contributed by atoms with E-state index in [1.165, 1.54) is 18.2 Å². The van der Waals surface area contributed by atoms with Gasteiger partial charge < -0.3 is 10.5 Å². The third-order valence-corrected chi connectivity index (χ3v) is 4.37. The first kappa shape index (κ1) is 16.3. The topological polar surface area (TPSA) is 94.6 Å². The molecule has 11 heteroatoms. The number of amides is 2. The third-order valence-electron chi connectivity index (χ3n) is 3.43. The van der Waals surface area contributed by atoms with Gasteiger partial charge in [-0.25, -0.2) is 4.79 Å². The van der Waals surface area contributed by atoms with Crippen LogP contribution in [0.25, 0.3) is 10.2 Å². The largest absolute Gasteiger partial charge is 0.434 e. The van der Waals surface area contributed by atoms with E-state index < -0.39 is 35.7 Å². The molecule has 0 radical (unpaired) electrons. The van der Waals surface area contributed by atoms with Crippen LogP contribution in [0.3, 0.4) is 0 Å². The molecule has 2 amide bonds. The summed E-state index contributed by atoms with van der Waals surface area (Å²) >= 11 is 0.638. The molecule has 0 unspecified atom stereocenters. The van der Waals surface area contributed by atoms with Crippen molar-refractivity contribution in [3.05, 3.63) is 27.9 Å². The maximum atomic E-state index is 12.6. The average molecular weight is 361 g/mol. The number of aromatic nitrogens is 1. The molecule has 128 valence electrons. The molecule has 24 heavy (non-hydrogen) atoms. The maximum Gasteiger partial charge on any atom is 0.415 e. The zero-order chi connectivity index (χ0) is 17.6. The lowest BCUT2D eigenvalue weighted by atomic mass is 10.2. The first-order valence-electron chi connectivity index (χ1n) is 6.63. The van der Waals surface area contributed by atoms with Crippen molar-refractivity contribution in [3.8, 4) is 0 Å². The molecule has 1 aliphatic rings. The van der Waals surface area contributed by atoms with Gasteiger partial charge in [0.15, 0.2) is 6.10 Å². The highest BCUT2D eigenvalue weighted by Crippen LogP contribution is 2.29. The van der Waals surface area contributed by atoms with Crippen LogP contribution in [-0.2, 0) is 16.1 Å². The number of alkyl halides is 3. The van der Waals surface area contributed by atoms with E-state index in [1.54, 1.807) is 0 Å². The van der Waals surface area contributed by atoms with Gasteiger partial charge in [-0.05, 0) is 18.2 Å². The quantitative estimate of drug-likeness (QED) is 0.895. The first-order chi connectivity index (χ1) is 11.2. The summed E-state index contributed by atoms with van der Waals surface area (Å²) in [7, 11) is 0. The number of rotatable bonds is 3. The fourth-order valence-corrected chi connectivity index (χ4v) is 3.30. The highest BCUT2D eigenvalue weighted by atomic mass is 32.1. The molecule has 1 atom stereocenters. The van der Waals surface area contributed by atoms with E-state index in [2.05, 4.69) is 0 Å². The van der Waals surface area contributed by atoms with Crippen molar-refractivity contribution in [2.75, 3.05) is 11.4 Å². The number of cyclic esters (lactones) is 1. The molecule has 0 spiro atoms. The second-order valence-corrected chi connectivity index (χ2v) is 6.10. The Balaban J connectivity index is 1.97. The average Bonchev–Trinajstić information content (AvgIpc) is 2.98. The molecule has 7 nitrogen and oxygen atoms in total. The molecule has 1 aliphatic heterocycles. The van der Waals surface area contributed by atoms with Crippen LogP contribution in [0.4, 0.5) is 23.7 Å². The fourth-order valence-electron chi connectivity index (χ4n) is 2.37. The van der Waals surface area contributed by atoms with Crippen molar-refractivity contribution in [3.63, 3.8) is 0 Å². The predicted octanol–water partition coefficient (Wildman–Crippen LogP) is 1.44. The second kappa shape index (κ2) is 5.51. The molecule has 1 saturated heterocycles. The number of fused-ring (bicyclic) bond motifs is 1.